The van der Waals surface area contributed by atoms with E-state index in [9.17, 15) is 29.8 Å². The Morgan fingerprint density at radius 2 is 1.68 bits per heavy atom. The minimum absolute atomic E-state index is 0.113. The second-order valence-electron chi connectivity index (χ2n) is 3.95. The highest BCUT2D eigenvalue weighted by molar-refractivity contribution is 7.99. The Morgan fingerprint density at radius 3 is 2.14 bits per heavy atom. The molecule has 1 aromatic rings. The number of aliphatic carboxylic acids is 1. The number of hydrogen-bond donors (Lipinski definition) is 2. The second kappa shape index (κ2) is 7.93. The molecule has 1 rings (SSSR count). The number of amides is 1. The topological polar surface area (TPSA) is 153 Å². The first-order valence-electron chi connectivity index (χ1n) is 5.83. The molecule has 22 heavy (non-hydrogen) atoms. The van der Waals surface area contributed by atoms with E-state index in [-0.39, 0.29) is 17.9 Å². The summed E-state index contributed by atoms with van der Waals surface area (Å²) in [5.41, 5.74) is -1.32. The van der Waals surface area contributed by atoms with Crippen molar-refractivity contribution >= 4 is 35.0 Å². The Morgan fingerprint density at radius 1 is 1.14 bits per heavy atom. The van der Waals surface area contributed by atoms with E-state index in [0.717, 1.165) is 30.0 Å². The number of nitro benzene ring substituents is 2. The van der Waals surface area contributed by atoms with Gasteiger partial charge >= 0.3 is 5.97 Å². The fourth-order valence-electron chi connectivity index (χ4n) is 1.44. The third-order valence-corrected chi connectivity index (χ3v) is 3.29. The number of carboxylic acids is 1. The first-order valence-corrected chi connectivity index (χ1v) is 6.98. The van der Waals surface area contributed by atoms with Crippen LogP contribution in [0.5, 0.6) is 0 Å². The predicted octanol–water partition coefficient (Wildman–Crippen LogP) is 1.05. The lowest BCUT2D eigenvalue weighted by molar-refractivity contribution is -0.394. The fourth-order valence-corrected chi connectivity index (χ4v) is 2.00. The SMILES string of the molecule is O=C(O)CSCCNC(=O)c1cc([N+](=O)[O-])cc([N+](=O)[O-])c1. The molecule has 0 aliphatic heterocycles. The fraction of sp³-hybridized carbons (Fsp3) is 0.273. The van der Waals surface area contributed by atoms with Gasteiger partial charge in [0.2, 0.25) is 0 Å². The molecule has 0 radical (unpaired) electrons. The molecule has 0 heterocycles. The largest absolute Gasteiger partial charge is 0.481 e. The minimum atomic E-state index is -0.981. The molecule has 0 aliphatic rings. The van der Waals surface area contributed by atoms with Gasteiger partial charge in [-0.05, 0) is 0 Å². The van der Waals surface area contributed by atoms with Gasteiger partial charge in [-0.3, -0.25) is 29.8 Å². The highest BCUT2D eigenvalue weighted by Gasteiger charge is 2.19. The summed E-state index contributed by atoms with van der Waals surface area (Å²) in [4.78, 5) is 41.9. The molecule has 1 aromatic carbocycles. The van der Waals surface area contributed by atoms with Crippen LogP contribution in [0.15, 0.2) is 18.2 Å². The van der Waals surface area contributed by atoms with Gasteiger partial charge in [0.05, 0.1) is 27.2 Å². The van der Waals surface area contributed by atoms with E-state index in [2.05, 4.69) is 5.32 Å². The second-order valence-corrected chi connectivity index (χ2v) is 5.06. The molecular formula is C11H11N3O7S. The number of carbonyl (C=O) groups is 2. The molecule has 10 nitrogen and oxygen atoms in total. The van der Waals surface area contributed by atoms with Gasteiger partial charge in [0.1, 0.15) is 0 Å². The average Bonchev–Trinajstić information content (AvgIpc) is 2.45. The van der Waals surface area contributed by atoms with Crippen LogP contribution >= 0.6 is 11.8 Å². The van der Waals surface area contributed by atoms with Crippen LogP contribution in [0.1, 0.15) is 10.4 Å². The lowest BCUT2D eigenvalue weighted by Crippen LogP contribution is -2.26. The van der Waals surface area contributed by atoms with Crippen LogP contribution in [0.2, 0.25) is 0 Å². The summed E-state index contributed by atoms with van der Waals surface area (Å²) in [6.07, 6.45) is 0. The van der Waals surface area contributed by atoms with Crippen molar-refractivity contribution in [3.8, 4) is 0 Å². The highest BCUT2D eigenvalue weighted by atomic mass is 32.2. The molecule has 118 valence electrons. The maximum Gasteiger partial charge on any atom is 0.313 e. The van der Waals surface area contributed by atoms with E-state index in [4.69, 9.17) is 5.11 Å². The van der Waals surface area contributed by atoms with E-state index in [1.165, 1.54) is 0 Å². The molecule has 0 bridgehead atoms. The number of nitrogens with one attached hydrogen (secondary N) is 1. The van der Waals surface area contributed by atoms with Crippen LogP contribution in [0.4, 0.5) is 11.4 Å². The van der Waals surface area contributed by atoms with Gasteiger partial charge in [-0.1, -0.05) is 0 Å². The lowest BCUT2D eigenvalue weighted by atomic mass is 10.1. The maximum absolute atomic E-state index is 11.8. The molecule has 2 N–H and O–H groups in total. The van der Waals surface area contributed by atoms with E-state index < -0.39 is 33.1 Å². The van der Waals surface area contributed by atoms with Gasteiger partial charge in [-0.25, -0.2) is 0 Å². The van der Waals surface area contributed by atoms with Gasteiger partial charge in [-0.15, -0.1) is 11.8 Å². The summed E-state index contributed by atoms with van der Waals surface area (Å²) in [7, 11) is 0. The van der Waals surface area contributed by atoms with Gasteiger partial charge in [0, 0.05) is 24.4 Å². The highest BCUT2D eigenvalue weighted by Crippen LogP contribution is 2.22. The number of thioether (sulfide) groups is 1. The number of non-ortho nitro benzene ring substituents is 2. The van der Waals surface area contributed by atoms with Gasteiger partial charge in [0.25, 0.3) is 17.3 Å². The molecule has 0 unspecified atom stereocenters. The predicted molar refractivity (Wildman–Crippen MR) is 77.0 cm³/mol. The monoisotopic (exact) mass is 329 g/mol. The van der Waals surface area contributed by atoms with Crippen LogP contribution < -0.4 is 5.32 Å². The molecule has 0 saturated heterocycles. The van der Waals surface area contributed by atoms with Crippen molar-refractivity contribution in [3.05, 3.63) is 44.0 Å². The van der Waals surface area contributed by atoms with Crippen molar-refractivity contribution < 1.29 is 24.5 Å². The Kier molecular flexibility index (Phi) is 6.25. The molecule has 0 spiro atoms. The average molecular weight is 329 g/mol. The number of rotatable bonds is 8. The Bertz CT molecular complexity index is 587. The lowest BCUT2D eigenvalue weighted by Gasteiger charge is -2.04. The first-order chi connectivity index (χ1) is 10.3. The maximum atomic E-state index is 11.8. The number of nitro groups is 2. The summed E-state index contributed by atoms with van der Waals surface area (Å²) < 4.78 is 0. The van der Waals surface area contributed by atoms with Crippen molar-refractivity contribution in [1.82, 2.24) is 5.32 Å². The number of benzene rings is 1. The van der Waals surface area contributed by atoms with Crippen LogP contribution in [-0.2, 0) is 4.79 Å². The van der Waals surface area contributed by atoms with E-state index in [1.54, 1.807) is 0 Å². The van der Waals surface area contributed by atoms with E-state index in [1.807, 2.05) is 0 Å². The third-order valence-electron chi connectivity index (χ3n) is 2.34. The standard InChI is InChI=1S/C11H11N3O7S/c15-10(16)6-22-2-1-12-11(17)7-3-8(13(18)19)5-9(4-7)14(20)21/h3-5H,1-2,6H2,(H,12,17)(H,15,16). The summed E-state index contributed by atoms with van der Waals surface area (Å²) in [5.74, 6) is -1.47. The number of carbonyl (C=O) groups excluding carboxylic acids is 1. The van der Waals surface area contributed by atoms with Crippen molar-refractivity contribution in [3.63, 3.8) is 0 Å². The van der Waals surface area contributed by atoms with Crippen molar-refractivity contribution in [2.24, 2.45) is 0 Å². The molecular weight excluding hydrogens is 318 g/mol. The van der Waals surface area contributed by atoms with Crippen LogP contribution in [-0.4, -0.2) is 44.9 Å². The van der Waals surface area contributed by atoms with Crippen molar-refractivity contribution in [1.29, 1.82) is 0 Å². The Balaban J connectivity index is 2.73. The van der Waals surface area contributed by atoms with Gasteiger partial charge < -0.3 is 10.4 Å². The van der Waals surface area contributed by atoms with E-state index in [0.29, 0.717) is 5.75 Å². The normalized spacial score (nSPS) is 10.0. The summed E-state index contributed by atoms with van der Waals surface area (Å²) in [6.45, 7) is 0.132. The quantitative estimate of drug-likeness (QED) is 0.407. The van der Waals surface area contributed by atoms with Crippen molar-refractivity contribution in [2.75, 3.05) is 18.1 Å². The number of carboxylic acid groups (broad SMARTS) is 1. The van der Waals surface area contributed by atoms with Gasteiger partial charge in [0.15, 0.2) is 0 Å². The Hall–Kier alpha value is -2.69. The molecule has 0 aromatic heterocycles. The zero-order valence-electron chi connectivity index (χ0n) is 11.1. The number of nitrogens with zero attached hydrogens (tertiary/aromatic N) is 2. The molecule has 11 heteroatoms. The Labute approximate surface area is 127 Å². The van der Waals surface area contributed by atoms with Crippen molar-refractivity contribution in [2.45, 2.75) is 0 Å². The van der Waals surface area contributed by atoms with E-state index >= 15 is 0 Å². The molecule has 0 aliphatic carbocycles. The van der Waals surface area contributed by atoms with Crippen LogP contribution in [0.3, 0.4) is 0 Å². The smallest absolute Gasteiger partial charge is 0.313 e. The van der Waals surface area contributed by atoms with Crippen LogP contribution in [0, 0.1) is 20.2 Å². The molecule has 0 atom stereocenters. The first kappa shape index (κ1) is 17.4. The third kappa shape index (κ3) is 5.36. The zero-order valence-corrected chi connectivity index (χ0v) is 11.9. The minimum Gasteiger partial charge on any atom is -0.481 e. The molecule has 0 fully saturated rings. The summed E-state index contributed by atoms with van der Waals surface area (Å²) in [5, 5.41) is 32.2. The number of hydrogen-bond acceptors (Lipinski definition) is 7. The molecule has 0 saturated carbocycles. The molecule has 1 amide bonds. The van der Waals surface area contributed by atoms with Crippen LogP contribution in [0.25, 0.3) is 0 Å². The van der Waals surface area contributed by atoms with Gasteiger partial charge in [-0.2, -0.15) is 0 Å². The summed E-state index contributed by atoms with van der Waals surface area (Å²) >= 11 is 1.08. The summed E-state index contributed by atoms with van der Waals surface area (Å²) in [6, 6.07) is 2.64. The zero-order chi connectivity index (χ0) is 16.7.